The number of aliphatic hydroxyl groups excluding tert-OH is 2. The average molecular weight is 434 g/mol. The normalized spacial score (nSPS) is 21.7. The van der Waals surface area contributed by atoms with Crippen LogP contribution >= 0.6 is 0 Å². The van der Waals surface area contributed by atoms with Gasteiger partial charge in [0.25, 0.3) is 0 Å². The second-order valence-electron chi connectivity index (χ2n) is 7.98. The fourth-order valence-electron chi connectivity index (χ4n) is 4.11. The molecule has 0 unspecified atom stereocenters. The molecule has 0 spiro atoms. The first-order valence-corrected chi connectivity index (χ1v) is 10.3. The maximum Gasteiger partial charge on any atom is 0.127 e. The van der Waals surface area contributed by atoms with E-state index in [1.807, 2.05) is 0 Å². The summed E-state index contributed by atoms with van der Waals surface area (Å²) < 4.78 is 38.2. The van der Waals surface area contributed by atoms with E-state index < -0.39 is 24.4 Å². The number of hydrogen-bond acceptors (Lipinski definition) is 6. The molecule has 2 aromatic carbocycles. The number of benzene rings is 2. The lowest BCUT2D eigenvalue weighted by molar-refractivity contribution is -0.0275. The summed E-state index contributed by atoms with van der Waals surface area (Å²) >= 11 is 0. The Bertz CT molecular complexity index is 873. The molecular formula is C22H24F2N2O5. The third kappa shape index (κ3) is 4.94. The van der Waals surface area contributed by atoms with Crippen molar-refractivity contribution in [1.82, 2.24) is 5.01 Å². The highest BCUT2D eigenvalue weighted by Crippen LogP contribution is 2.31. The van der Waals surface area contributed by atoms with E-state index >= 15 is 0 Å². The number of halogens is 2. The highest BCUT2D eigenvalue weighted by molar-refractivity contribution is 5.36. The van der Waals surface area contributed by atoms with E-state index in [0.29, 0.717) is 37.2 Å². The molecule has 0 radical (unpaired) electrons. The standard InChI is InChI=1S/C22H24F2N2O5/c23-15-3-7-19-13(9-15)1-5-21(30-19)17(27)11-26(25-29)12-18(28)22-6-2-14-10-16(24)4-8-20(14)31-22/h3-4,7-10,17-18,21-22,27-28H,1-2,5-6,11-12H2/t17-,18-,21-,22+/m0/s1. The molecule has 9 heteroatoms. The first-order chi connectivity index (χ1) is 14.9. The highest BCUT2D eigenvalue weighted by Gasteiger charge is 2.32. The molecule has 0 saturated carbocycles. The van der Waals surface area contributed by atoms with Gasteiger partial charge < -0.3 is 19.7 Å². The Labute approximate surface area is 178 Å². The smallest absolute Gasteiger partial charge is 0.127 e. The van der Waals surface area contributed by atoms with Crippen molar-refractivity contribution in [3.63, 3.8) is 0 Å². The molecule has 2 heterocycles. The SMILES string of the molecule is O=NN(C[C@H](O)[C@@H]1CCc2cc(F)ccc2O1)C[C@H](O)[C@H]1CCc2cc(F)ccc2O1. The molecule has 0 amide bonds. The van der Waals surface area contributed by atoms with Gasteiger partial charge in [0.05, 0.1) is 18.4 Å². The minimum absolute atomic E-state index is 0.129. The van der Waals surface area contributed by atoms with Gasteiger partial charge in [-0.1, -0.05) is 0 Å². The van der Waals surface area contributed by atoms with Gasteiger partial charge in [0.1, 0.15) is 47.5 Å². The third-order valence-corrected chi connectivity index (χ3v) is 5.77. The fraction of sp³-hybridized carbons (Fsp3) is 0.455. The Balaban J connectivity index is 1.32. The van der Waals surface area contributed by atoms with Crippen LogP contribution in [0, 0.1) is 16.5 Å². The number of nitroso groups, excluding NO2 is 1. The maximum atomic E-state index is 13.3. The average Bonchev–Trinajstić information content (AvgIpc) is 2.77. The second-order valence-corrected chi connectivity index (χ2v) is 7.98. The van der Waals surface area contributed by atoms with E-state index in [0.717, 1.165) is 16.1 Å². The van der Waals surface area contributed by atoms with Crippen LogP contribution in [0.2, 0.25) is 0 Å². The van der Waals surface area contributed by atoms with Crippen LogP contribution in [0.1, 0.15) is 24.0 Å². The third-order valence-electron chi connectivity index (χ3n) is 5.77. The van der Waals surface area contributed by atoms with Crippen LogP contribution < -0.4 is 9.47 Å². The molecular weight excluding hydrogens is 410 g/mol. The summed E-state index contributed by atoms with van der Waals surface area (Å²) in [6.07, 6.45) is -1.20. The van der Waals surface area contributed by atoms with Crippen LogP contribution in [0.15, 0.2) is 41.7 Å². The van der Waals surface area contributed by atoms with Gasteiger partial charge in [-0.3, -0.25) is 5.01 Å². The summed E-state index contributed by atoms with van der Waals surface area (Å²) in [4.78, 5) is 11.3. The lowest BCUT2D eigenvalue weighted by Crippen LogP contribution is -2.46. The number of rotatable bonds is 7. The van der Waals surface area contributed by atoms with Crippen LogP contribution in [-0.4, -0.2) is 52.7 Å². The Morgan fingerprint density at radius 1 is 0.903 bits per heavy atom. The van der Waals surface area contributed by atoms with E-state index in [2.05, 4.69) is 5.29 Å². The number of fused-ring (bicyclic) bond motifs is 2. The van der Waals surface area contributed by atoms with Crippen LogP contribution in [-0.2, 0) is 12.8 Å². The number of nitrogens with zero attached hydrogens (tertiary/aromatic N) is 2. The minimum Gasteiger partial charge on any atom is -0.487 e. The zero-order valence-corrected chi connectivity index (χ0v) is 16.8. The molecule has 2 aromatic rings. The highest BCUT2D eigenvalue weighted by atomic mass is 19.1. The predicted molar refractivity (Wildman–Crippen MR) is 108 cm³/mol. The summed E-state index contributed by atoms with van der Waals surface area (Å²) in [7, 11) is 0. The zero-order chi connectivity index (χ0) is 22.0. The lowest BCUT2D eigenvalue weighted by Gasteiger charge is -2.33. The van der Waals surface area contributed by atoms with Gasteiger partial charge in [-0.05, 0) is 73.2 Å². The van der Waals surface area contributed by atoms with E-state index in [4.69, 9.17) is 9.47 Å². The molecule has 7 nitrogen and oxygen atoms in total. The summed E-state index contributed by atoms with van der Waals surface area (Å²) in [5.74, 6) is 0.329. The molecule has 2 N–H and O–H groups in total. The predicted octanol–water partition coefficient (Wildman–Crippen LogP) is 2.76. The Kier molecular flexibility index (Phi) is 6.33. The zero-order valence-electron chi connectivity index (χ0n) is 16.8. The molecule has 4 rings (SSSR count). The van der Waals surface area contributed by atoms with Gasteiger partial charge >= 0.3 is 0 Å². The summed E-state index contributed by atoms with van der Waals surface area (Å²) in [6.45, 7) is -0.257. The summed E-state index contributed by atoms with van der Waals surface area (Å²) in [5, 5.41) is 25.1. The van der Waals surface area contributed by atoms with E-state index in [-0.39, 0.29) is 24.7 Å². The number of hydrogen-bond donors (Lipinski definition) is 2. The Morgan fingerprint density at radius 3 is 1.77 bits per heavy atom. The second kappa shape index (κ2) is 9.15. The van der Waals surface area contributed by atoms with Gasteiger partial charge in [-0.15, -0.1) is 4.91 Å². The molecule has 2 aliphatic rings. The monoisotopic (exact) mass is 434 g/mol. The molecule has 0 aromatic heterocycles. The van der Waals surface area contributed by atoms with Gasteiger partial charge in [-0.2, -0.15) is 0 Å². The summed E-state index contributed by atoms with van der Waals surface area (Å²) in [5.41, 5.74) is 1.47. The van der Waals surface area contributed by atoms with Gasteiger partial charge in [-0.25, -0.2) is 8.78 Å². The largest absolute Gasteiger partial charge is 0.487 e. The van der Waals surface area contributed by atoms with Crippen molar-refractivity contribution >= 4 is 0 Å². The van der Waals surface area contributed by atoms with Crippen LogP contribution in [0.5, 0.6) is 11.5 Å². The Morgan fingerprint density at radius 2 is 1.35 bits per heavy atom. The van der Waals surface area contributed by atoms with Crippen LogP contribution in [0.4, 0.5) is 8.78 Å². The molecule has 0 aliphatic carbocycles. The quantitative estimate of drug-likeness (QED) is 0.514. The molecule has 4 atom stereocenters. The lowest BCUT2D eigenvalue weighted by atomic mass is 9.98. The fourth-order valence-corrected chi connectivity index (χ4v) is 4.11. The minimum atomic E-state index is -1.03. The van der Waals surface area contributed by atoms with Crippen molar-refractivity contribution in [2.75, 3.05) is 13.1 Å². The van der Waals surface area contributed by atoms with Crippen molar-refractivity contribution in [1.29, 1.82) is 0 Å². The first-order valence-electron chi connectivity index (χ1n) is 10.3. The van der Waals surface area contributed by atoms with E-state index in [9.17, 15) is 23.9 Å². The molecule has 31 heavy (non-hydrogen) atoms. The van der Waals surface area contributed by atoms with Crippen LogP contribution in [0.25, 0.3) is 0 Å². The number of ether oxygens (including phenoxy) is 2. The van der Waals surface area contributed by atoms with Gasteiger partial charge in [0.2, 0.25) is 0 Å². The Hall–Kier alpha value is -2.78. The van der Waals surface area contributed by atoms with Crippen molar-refractivity contribution in [3.05, 3.63) is 64.1 Å². The van der Waals surface area contributed by atoms with Crippen molar-refractivity contribution in [2.24, 2.45) is 5.29 Å². The van der Waals surface area contributed by atoms with Crippen molar-refractivity contribution in [2.45, 2.75) is 50.1 Å². The first kappa shape index (κ1) is 21.5. The number of aliphatic hydroxyl groups is 2. The van der Waals surface area contributed by atoms with Gasteiger partial charge in [0.15, 0.2) is 0 Å². The molecule has 0 bridgehead atoms. The van der Waals surface area contributed by atoms with Gasteiger partial charge in [0, 0.05) is 0 Å². The van der Waals surface area contributed by atoms with E-state index in [1.54, 1.807) is 0 Å². The molecule has 0 saturated heterocycles. The van der Waals surface area contributed by atoms with Crippen LogP contribution in [0.3, 0.4) is 0 Å². The maximum absolute atomic E-state index is 13.3. The van der Waals surface area contributed by atoms with Crippen molar-refractivity contribution < 1.29 is 28.5 Å². The van der Waals surface area contributed by atoms with Crippen molar-refractivity contribution in [3.8, 4) is 11.5 Å². The topological polar surface area (TPSA) is 91.6 Å². The van der Waals surface area contributed by atoms with E-state index in [1.165, 1.54) is 36.4 Å². The molecule has 0 fully saturated rings. The summed E-state index contributed by atoms with van der Waals surface area (Å²) in [6, 6.07) is 8.44. The molecule has 2 aliphatic heterocycles. The number of aryl methyl sites for hydroxylation is 2. The molecule has 166 valence electrons.